The maximum atomic E-state index is 10.1. The van der Waals surface area contributed by atoms with Crippen molar-refractivity contribution in [2.45, 2.75) is 12.5 Å². The van der Waals surface area contributed by atoms with Crippen LogP contribution in [0.15, 0.2) is 24.4 Å². The molecule has 1 aliphatic rings. The second-order valence-corrected chi connectivity index (χ2v) is 5.54. The molecule has 1 saturated heterocycles. The molecule has 1 aliphatic heterocycles. The first-order valence-corrected chi connectivity index (χ1v) is 7.43. The predicted molar refractivity (Wildman–Crippen MR) is 80.8 cm³/mol. The summed E-state index contributed by atoms with van der Waals surface area (Å²) in [4.78, 5) is 8.83. The van der Waals surface area contributed by atoms with Crippen molar-refractivity contribution in [1.29, 1.82) is 0 Å². The maximum Gasteiger partial charge on any atom is 0.0793 e. The minimum absolute atomic E-state index is 0.276. The van der Waals surface area contributed by atoms with Crippen molar-refractivity contribution in [2.24, 2.45) is 0 Å². The average molecular weight is 278 g/mol. The first kappa shape index (κ1) is 15.4. The van der Waals surface area contributed by atoms with Gasteiger partial charge in [0.25, 0.3) is 0 Å². The lowest BCUT2D eigenvalue weighted by Crippen LogP contribution is -2.48. The topological polar surface area (TPSA) is 51.6 Å². The molecule has 0 amide bonds. The Labute approximate surface area is 121 Å². The van der Waals surface area contributed by atoms with E-state index in [9.17, 15) is 5.11 Å². The summed E-state index contributed by atoms with van der Waals surface area (Å²) in [6.45, 7) is 6.55. The minimum atomic E-state index is -0.276. The van der Waals surface area contributed by atoms with Crippen LogP contribution >= 0.6 is 0 Å². The summed E-state index contributed by atoms with van der Waals surface area (Å²) in [5, 5.41) is 13.5. The van der Waals surface area contributed by atoms with Crippen LogP contribution in [0.4, 0.5) is 0 Å². The van der Waals surface area contributed by atoms with Crippen molar-refractivity contribution < 1.29 is 5.11 Å². The van der Waals surface area contributed by atoms with Gasteiger partial charge in [0.1, 0.15) is 0 Å². The Hall–Kier alpha value is -1.01. The molecule has 2 N–H and O–H groups in total. The summed E-state index contributed by atoms with van der Waals surface area (Å²) in [5.74, 6) is 0. The fourth-order valence-corrected chi connectivity index (χ4v) is 2.55. The first-order valence-electron chi connectivity index (χ1n) is 7.43. The summed E-state index contributed by atoms with van der Waals surface area (Å²) in [7, 11) is 2.06. The maximum absolute atomic E-state index is 10.1. The molecule has 0 radical (unpaired) electrons. The molecule has 2 heterocycles. The Balaban J connectivity index is 1.64. The van der Waals surface area contributed by atoms with Crippen LogP contribution in [0.5, 0.6) is 0 Å². The molecule has 1 fully saturated rings. The quantitative estimate of drug-likeness (QED) is 0.725. The van der Waals surface area contributed by atoms with E-state index < -0.39 is 0 Å². The third kappa shape index (κ3) is 5.54. The molecule has 0 bridgehead atoms. The normalized spacial score (nSPS) is 18.4. The minimum Gasteiger partial charge on any atom is -0.390 e. The Kier molecular flexibility index (Phi) is 6.39. The van der Waals surface area contributed by atoms with Crippen molar-refractivity contribution in [3.8, 4) is 0 Å². The Morgan fingerprint density at radius 2 is 2.20 bits per heavy atom. The van der Waals surface area contributed by atoms with E-state index in [0.717, 1.165) is 57.9 Å². The molecule has 5 nitrogen and oxygen atoms in total. The highest BCUT2D eigenvalue weighted by molar-refractivity contribution is 5.03. The molecule has 1 unspecified atom stereocenters. The summed E-state index contributed by atoms with van der Waals surface area (Å²) in [6.07, 6.45) is 2.48. The van der Waals surface area contributed by atoms with Crippen LogP contribution < -0.4 is 5.32 Å². The number of nitrogens with one attached hydrogen (secondary N) is 1. The van der Waals surface area contributed by atoms with Crippen LogP contribution in [0.1, 0.15) is 5.69 Å². The number of β-amino-alcohol motifs (C(OH)–C–C–N with tert-alkyl or cyclic N) is 1. The van der Waals surface area contributed by atoms with Crippen molar-refractivity contribution in [3.05, 3.63) is 30.1 Å². The fourth-order valence-electron chi connectivity index (χ4n) is 2.55. The predicted octanol–water partition coefficient (Wildman–Crippen LogP) is -0.178. The average Bonchev–Trinajstić information content (AvgIpc) is 2.47. The van der Waals surface area contributed by atoms with Crippen LogP contribution in [-0.2, 0) is 6.42 Å². The lowest BCUT2D eigenvalue weighted by atomic mass is 10.2. The molecule has 0 aliphatic carbocycles. The SMILES string of the molecule is CN(CCc1ccccn1)CC(O)CN1CCNCC1. The van der Waals surface area contributed by atoms with E-state index in [1.54, 1.807) is 0 Å². The summed E-state index contributed by atoms with van der Waals surface area (Å²) < 4.78 is 0. The van der Waals surface area contributed by atoms with Gasteiger partial charge in [-0.05, 0) is 19.2 Å². The Bertz CT molecular complexity index is 367. The number of aromatic nitrogens is 1. The number of hydrogen-bond acceptors (Lipinski definition) is 5. The number of hydrogen-bond donors (Lipinski definition) is 2. The number of likely N-dealkylation sites (N-methyl/N-ethyl adjacent to an activating group) is 1. The van der Waals surface area contributed by atoms with Gasteiger partial charge < -0.3 is 15.3 Å². The second kappa shape index (κ2) is 8.32. The Morgan fingerprint density at radius 3 is 2.90 bits per heavy atom. The van der Waals surface area contributed by atoms with Crippen molar-refractivity contribution in [3.63, 3.8) is 0 Å². The number of aliphatic hydroxyl groups is 1. The van der Waals surface area contributed by atoms with Crippen molar-refractivity contribution in [1.82, 2.24) is 20.1 Å². The van der Waals surface area contributed by atoms with Gasteiger partial charge in [-0.25, -0.2) is 0 Å². The largest absolute Gasteiger partial charge is 0.390 e. The molecule has 2 rings (SSSR count). The fraction of sp³-hybridized carbons (Fsp3) is 0.667. The standard InChI is InChI=1S/C15H26N4O/c1-18(9-5-14-4-2-3-6-17-14)12-15(20)13-19-10-7-16-8-11-19/h2-4,6,15-16,20H,5,7-13H2,1H3. The number of piperazine rings is 1. The zero-order valence-electron chi connectivity index (χ0n) is 12.3. The number of pyridine rings is 1. The molecule has 1 aromatic heterocycles. The van der Waals surface area contributed by atoms with E-state index >= 15 is 0 Å². The molecule has 5 heteroatoms. The zero-order chi connectivity index (χ0) is 14.2. The van der Waals surface area contributed by atoms with Gasteiger partial charge in [-0.3, -0.25) is 9.88 Å². The van der Waals surface area contributed by atoms with E-state index in [4.69, 9.17) is 0 Å². The van der Waals surface area contributed by atoms with Gasteiger partial charge >= 0.3 is 0 Å². The molecular formula is C15H26N4O. The molecule has 1 atom stereocenters. The third-order valence-electron chi connectivity index (χ3n) is 3.68. The van der Waals surface area contributed by atoms with Crippen LogP contribution in [-0.4, -0.2) is 78.9 Å². The molecule has 1 aromatic rings. The molecule has 0 aromatic carbocycles. The monoisotopic (exact) mass is 278 g/mol. The highest BCUT2D eigenvalue weighted by Gasteiger charge is 2.15. The highest BCUT2D eigenvalue weighted by Crippen LogP contribution is 2.00. The van der Waals surface area contributed by atoms with Gasteiger partial charge in [0.2, 0.25) is 0 Å². The number of aliphatic hydroxyl groups excluding tert-OH is 1. The van der Waals surface area contributed by atoms with Gasteiger partial charge in [0.05, 0.1) is 6.10 Å². The lowest BCUT2D eigenvalue weighted by Gasteiger charge is -2.30. The van der Waals surface area contributed by atoms with Crippen LogP contribution in [0.2, 0.25) is 0 Å². The van der Waals surface area contributed by atoms with Gasteiger partial charge in [-0.1, -0.05) is 6.07 Å². The van der Waals surface area contributed by atoms with E-state index in [1.165, 1.54) is 0 Å². The van der Waals surface area contributed by atoms with Gasteiger partial charge in [-0.2, -0.15) is 0 Å². The third-order valence-corrected chi connectivity index (χ3v) is 3.68. The van der Waals surface area contributed by atoms with E-state index in [0.29, 0.717) is 0 Å². The van der Waals surface area contributed by atoms with Crippen molar-refractivity contribution >= 4 is 0 Å². The van der Waals surface area contributed by atoms with Gasteiger partial charge in [-0.15, -0.1) is 0 Å². The summed E-state index contributed by atoms with van der Waals surface area (Å²) in [6, 6.07) is 6.00. The summed E-state index contributed by atoms with van der Waals surface area (Å²) >= 11 is 0. The molecule has 20 heavy (non-hydrogen) atoms. The van der Waals surface area contributed by atoms with Crippen LogP contribution in [0.3, 0.4) is 0 Å². The van der Waals surface area contributed by atoms with Gasteiger partial charge in [0.15, 0.2) is 0 Å². The number of rotatable bonds is 7. The van der Waals surface area contributed by atoms with E-state index in [-0.39, 0.29) is 6.10 Å². The molecule has 0 spiro atoms. The lowest BCUT2D eigenvalue weighted by molar-refractivity contribution is 0.0773. The van der Waals surface area contributed by atoms with Crippen molar-refractivity contribution in [2.75, 3.05) is 52.9 Å². The van der Waals surface area contributed by atoms with E-state index in [1.807, 2.05) is 24.4 Å². The Morgan fingerprint density at radius 1 is 1.40 bits per heavy atom. The molecule has 0 saturated carbocycles. The smallest absolute Gasteiger partial charge is 0.0793 e. The highest BCUT2D eigenvalue weighted by atomic mass is 16.3. The zero-order valence-corrected chi connectivity index (χ0v) is 12.3. The van der Waals surface area contributed by atoms with Crippen LogP contribution in [0, 0.1) is 0 Å². The van der Waals surface area contributed by atoms with Crippen LogP contribution in [0.25, 0.3) is 0 Å². The first-order chi connectivity index (χ1) is 9.74. The second-order valence-electron chi connectivity index (χ2n) is 5.54. The number of nitrogens with zero attached hydrogens (tertiary/aromatic N) is 3. The van der Waals surface area contributed by atoms with E-state index in [2.05, 4.69) is 27.1 Å². The summed E-state index contributed by atoms with van der Waals surface area (Å²) in [5.41, 5.74) is 1.11. The molecule has 112 valence electrons. The molecular weight excluding hydrogens is 252 g/mol. The van der Waals surface area contributed by atoms with Gasteiger partial charge in [0, 0.05) is 64.1 Å².